The van der Waals surface area contributed by atoms with Crippen LogP contribution in [0.15, 0.2) is 60.7 Å². The molecule has 0 unspecified atom stereocenters. The van der Waals surface area contributed by atoms with Gasteiger partial charge in [-0.25, -0.2) is 4.39 Å². The Morgan fingerprint density at radius 1 is 0.786 bits per heavy atom. The first-order valence-corrected chi connectivity index (χ1v) is 8.63. The Balaban J connectivity index is 2.20. The first-order valence-electron chi connectivity index (χ1n) is 8.63. The van der Waals surface area contributed by atoms with Crippen molar-refractivity contribution in [2.45, 2.75) is 43.9 Å². The third-order valence-electron chi connectivity index (χ3n) is 4.07. The van der Waals surface area contributed by atoms with Crippen molar-refractivity contribution < 1.29 is 37.2 Å². The van der Waals surface area contributed by atoms with Gasteiger partial charge in [-0.1, -0.05) is 60.7 Å². The molecule has 0 spiro atoms. The molecular weight excluding hydrogens is 380 g/mol. The second-order valence-electron chi connectivity index (χ2n) is 6.21. The smallest absolute Gasteiger partial charge is 0.393 e. The van der Waals surface area contributed by atoms with E-state index in [-0.39, 0.29) is 13.2 Å². The standard InChI is InChI=1S/C20H22F4O4/c21-16(11-25)17(27-12-14-7-3-1-4-8-14)18(19(26)20(22,23)24)28-13-15-9-5-2-6-10-15/h1-10,16-19,25-26H,11-13H2/t16-,17-,18-,19+/m0/s1. The Morgan fingerprint density at radius 3 is 1.61 bits per heavy atom. The highest BCUT2D eigenvalue weighted by Crippen LogP contribution is 2.29. The van der Waals surface area contributed by atoms with Crippen molar-refractivity contribution in [1.82, 2.24) is 0 Å². The van der Waals surface area contributed by atoms with Gasteiger partial charge in [0.1, 0.15) is 12.2 Å². The first-order chi connectivity index (χ1) is 13.3. The lowest BCUT2D eigenvalue weighted by molar-refractivity contribution is -0.262. The van der Waals surface area contributed by atoms with Crippen molar-refractivity contribution in [3.63, 3.8) is 0 Å². The van der Waals surface area contributed by atoms with Crippen LogP contribution in [0.5, 0.6) is 0 Å². The summed E-state index contributed by atoms with van der Waals surface area (Å²) in [5, 5.41) is 18.9. The molecule has 4 nitrogen and oxygen atoms in total. The third-order valence-corrected chi connectivity index (χ3v) is 4.07. The molecule has 0 saturated heterocycles. The molecule has 8 heteroatoms. The average molecular weight is 402 g/mol. The molecule has 4 atom stereocenters. The van der Waals surface area contributed by atoms with E-state index in [4.69, 9.17) is 14.6 Å². The second kappa shape index (κ2) is 10.5. The molecule has 0 aromatic heterocycles. The molecule has 0 radical (unpaired) electrons. The van der Waals surface area contributed by atoms with Gasteiger partial charge in [0.05, 0.1) is 19.8 Å². The minimum absolute atomic E-state index is 0.207. The Morgan fingerprint density at radius 2 is 1.21 bits per heavy atom. The van der Waals surface area contributed by atoms with Gasteiger partial charge in [-0.2, -0.15) is 13.2 Å². The zero-order valence-corrected chi connectivity index (χ0v) is 14.9. The van der Waals surface area contributed by atoms with Gasteiger partial charge < -0.3 is 19.7 Å². The van der Waals surface area contributed by atoms with Crippen LogP contribution in [0, 0.1) is 0 Å². The molecule has 2 rings (SSSR count). The SMILES string of the molecule is OC[C@H](F)[C@H](OCc1ccccc1)[C@H](OCc1ccccc1)[C@@H](O)C(F)(F)F. The van der Waals surface area contributed by atoms with Crippen molar-refractivity contribution in [3.05, 3.63) is 71.8 Å². The summed E-state index contributed by atoms with van der Waals surface area (Å²) in [6.45, 7) is -1.57. The summed E-state index contributed by atoms with van der Waals surface area (Å²) < 4.78 is 64.3. The lowest BCUT2D eigenvalue weighted by Crippen LogP contribution is -2.52. The number of benzene rings is 2. The first kappa shape index (κ1) is 22.3. The lowest BCUT2D eigenvalue weighted by atomic mass is 10.0. The fraction of sp³-hybridized carbons (Fsp3) is 0.400. The Bertz CT molecular complexity index is 682. The second-order valence-corrected chi connectivity index (χ2v) is 6.21. The quantitative estimate of drug-likeness (QED) is 0.598. The molecule has 0 amide bonds. The van der Waals surface area contributed by atoms with Crippen molar-refractivity contribution in [1.29, 1.82) is 0 Å². The summed E-state index contributed by atoms with van der Waals surface area (Å²) in [5.74, 6) is 0. The molecule has 0 bridgehead atoms. The van der Waals surface area contributed by atoms with Gasteiger partial charge in [0.2, 0.25) is 0 Å². The van der Waals surface area contributed by atoms with Gasteiger partial charge in [0.25, 0.3) is 0 Å². The maximum absolute atomic E-state index is 14.3. The molecule has 2 aromatic carbocycles. The van der Waals surface area contributed by atoms with E-state index in [0.29, 0.717) is 11.1 Å². The molecule has 0 aliphatic rings. The van der Waals surface area contributed by atoms with E-state index in [0.717, 1.165) is 0 Å². The van der Waals surface area contributed by atoms with Crippen LogP contribution in [0.1, 0.15) is 11.1 Å². The third kappa shape index (κ3) is 6.56. The van der Waals surface area contributed by atoms with Crippen LogP contribution >= 0.6 is 0 Å². The molecule has 0 saturated carbocycles. The predicted molar refractivity (Wildman–Crippen MR) is 94.1 cm³/mol. The van der Waals surface area contributed by atoms with Crippen LogP contribution in [-0.2, 0) is 22.7 Å². The summed E-state index contributed by atoms with van der Waals surface area (Å²) in [6.07, 6.45) is -14.1. The van der Waals surface area contributed by atoms with E-state index in [9.17, 15) is 22.7 Å². The van der Waals surface area contributed by atoms with Crippen LogP contribution in [-0.4, -0.2) is 47.5 Å². The Hall–Kier alpha value is -2.00. The monoisotopic (exact) mass is 402 g/mol. The summed E-state index contributed by atoms with van der Waals surface area (Å²) in [5.41, 5.74) is 1.14. The zero-order valence-electron chi connectivity index (χ0n) is 14.9. The highest BCUT2D eigenvalue weighted by Gasteiger charge is 2.49. The highest BCUT2D eigenvalue weighted by atomic mass is 19.4. The van der Waals surface area contributed by atoms with Crippen LogP contribution in [0.25, 0.3) is 0 Å². The Kier molecular flexibility index (Phi) is 8.37. The maximum atomic E-state index is 14.3. The van der Waals surface area contributed by atoms with E-state index in [2.05, 4.69) is 0 Å². The topological polar surface area (TPSA) is 58.9 Å². The largest absolute Gasteiger partial charge is 0.417 e. The summed E-state index contributed by atoms with van der Waals surface area (Å²) in [7, 11) is 0. The molecule has 28 heavy (non-hydrogen) atoms. The molecule has 154 valence electrons. The van der Waals surface area contributed by atoms with Gasteiger partial charge >= 0.3 is 6.18 Å². The molecule has 2 aromatic rings. The lowest BCUT2D eigenvalue weighted by Gasteiger charge is -2.33. The van der Waals surface area contributed by atoms with Gasteiger partial charge in [-0.15, -0.1) is 0 Å². The number of halogens is 4. The normalized spacial score (nSPS) is 16.4. The molecule has 2 N–H and O–H groups in total. The number of alkyl halides is 4. The molecule has 0 aliphatic heterocycles. The van der Waals surface area contributed by atoms with E-state index < -0.39 is 37.3 Å². The molecule has 0 heterocycles. The summed E-state index contributed by atoms with van der Waals surface area (Å²) in [6, 6.07) is 16.7. The maximum Gasteiger partial charge on any atom is 0.417 e. The summed E-state index contributed by atoms with van der Waals surface area (Å²) in [4.78, 5) is 0. The fourth-order valence-corrected chi connectivity index (χ4v) is 2.59. The average Bonchev–Trinajstić information content (AvgIpc) is 2.70. The number of aliphatic hydroxyl groups is 2. The molecular formula is C20H22F4O4. The fourth-order valence-electron chi connectivity index (χ4n) is 2.59. The predicted octanol–water partition coefficient (Wildman–Crippen LogP) is 3.41. The van der Waals surface area contributed by atoms with Crippen molar-refractivity contribution in [3.8, 4) is 0 Å². The number of ether oxygens (including phenoxy) is 2. The number of aliphatic hydroxyl groups excluding tert-OH is 2. The number of hydrogen-bond acceptors (Lipinski definition) is 4. The van der Waals surface area contributed by atoms with Crippen molar-refractivity contribution in [2.75, 3.05) is 6.61 Å². The number of rotatable bonds is 10. The van der Waals surface area contributed by atoms with Crippen molar-refractivity contribution >= 4 is 0 Å². The Labute approximate surface area is 160 Å². The van der Waals surface area contributed by atoms with E-state index >= 15 is 0 Å². The highest BCUT2D eigenvalue weighted by molar-refractivity contribution is 5.14. The minimum atomic E-state index is -5.05. The van der Waals surface area contributed by atoms with Crippen LogP contribution in [0.4, 0.5) is 17.6 Å². The van der Waals surface area contributed by atoms with Gasteiger partial charge in [-0.05, 0) is 11.1 Å². The van der Waals surface area contributed by atoms with Crippen LogP contribution < -0.4 is 0 Å². The van der Waals surface area contributed by atoms with Gasteiger partial charge in [-0.3, -0.25) is 0 Å². The van der Waals surface area contributed by atoms with Crippen molar-refractivity contribution in [2.24, 2.45) is 0 Å². The van der Waals surface area contributed by atoms with E-state index in [1.54, 1.807) is 60.7 Å². The van der Waals surface area contributed by atoms with Gasteiger partial charge in [0.15, 0.2) is 12.3 Å². The summed E-state index contributed by atoms with van der Waals surface area (Å²) >= 11 is 0. The van der Waals surface area contributed by atoms with Crippen LogP contribution in [0.2, 0.25) is 0 Å². The van der Waals surface area contributed by atoms with E-state index in [1.807, 2.05) is 0 Å². The van der Waals surface area contributed by atoms with E-state index in [1.165, 1.54) is 0 Å². The number of hydrogen-bond donors (Lipinski definition) is 2. The molecule has 0 fully saturated rings. The zero-order chi connectivity index (χ0) is 20.6. The minimum Gasteiger partial charge on any atom is -0.393 e. The van der Waals surface area contributed by atoms with Crippen LogP contribution in [0.3, 0.4) is 0 Å². The van der Waals surface area contributed by atoms with Gasteiger partial charge in [0, 0.05) is 0 Å². The molecule has 0 aliphatic carbocycles.